The molecule has 0 spiro atoms. The number of sulfone groups is 1. The summed E-state index contributed by atoms with van der Waals surface area (Å²) in [5, 5.41) is 4.56. The Morgan fingerprint density at radius 3 is 2.59 bits per heavy atom. The smallest absolute Gasteiger partial charge is 0.180 e. The molecule has 1 aliphatic heterocycles. The number of halogens is 1. The minimum absolute atomic E-state index is 0.0696. The molecule has 0 radical (unpaired) electrons. The summed E-state index contributed by atoms with van der Waals surface area (Å²) in [5.41, 5.74) is 5.16. The zero-order valence-electron chi connectivity index (χ0n) is 17.9. The van der Waals surface area contributed by atoms with Crippen molar-refractivity contribution in [3.63, 3.8) is 0 Å². The van der Waals surface area contributed by atoms with Crippen LogP contribution >= 0.6 is 11.6 Å². The third-order valence-electron chi connectivity index (χ3n) is 7.13. The molecule has 1 unspecified atom stereocenters. The van der Waals surface area contributed by atoms with E-state index in [1.807, 2.05) is 12.1 Å². The van der Waals surface area contributed by atoms with E-state index >= 15 is 0 Å². The van der Waals surface area contributed by atoms with E-state index in [0.29, 0.717) is 6.42 Å². The number of nitrogens with one attached hydrogen (secondary N) is 1. The maximum absolute atomic E-state index is 12.7. The molecule has 32 heavy (non-hydrogen) atoms. The van der Waals surface area contributed by atoms with Crippen LogP contribution in [0.25, 0.3) is 0 Å². The number of rotatable bonds is 6. The Morgan fingerprint density at radius 2 is 1.91 bits per heavy atom. The number of benzene rings is 2. The van der Waals surface area contributed by atoms with Crippen molar-refractivity contribution in [1.29, 1.82) is 0 Å². The van der Waals surface area contributed by atoms with Gasteiger partial charge >= 0.3 is 0 Å². The number of fused-ring (bicyclic) bond motifs is 1. The Kier molecular flexibility index (Phi) is 5.82. The van der Waals surface area contributed by atoms with Gasteiger partial charge in [0, 0.05) is 28.9 Å². The molecule has 4 nitrogen and oxygen atoms in total. The van der Waals surface area contributed by atoms with Gasteiger partial charge in [0.05, 0.1) is 10.6 Å². The van der Waals surface area contributed by atoms with Crippen molar-refractivity contribution in [2.24, 2.45) is 0 Å². The van der Waals surface area contributed by atoms with Crippen LogP contribution in [-0.2, 0) is 28.1 Å². The summed E-state index contributed by atoms with van der Waals surface area (Å²) < 4.78 is 25.4. The van der Waals surface area contributed by atoms with E-state index in [2.05, 4.69) is 40.6 Å². The van der Waals surface area contributed by atoms with Crippen LogP contribution < -0.4 is 5.32 Å². The van der Waals surface area contributed by atoms with E-state index < -0.39 is 9.84 Å². The fraction of sp³-hybridized carbons (Fsp3) is 0.346. The lowest BCUT2D eigenvalue weighted by atomic mass is 9.58. The molecule has 1 fully saturated rings. The van der Waals surface area contributed by atoms with Gasteiger partial charge in [0.2, 0.25) is 0 Å². The van der Waals surface area contributed by atoms with Crippen molar-refractivity contribution >= 4 is 21.4 Å². The number of aromatic nitrogens is 1. The molecule has 166 valence electrons. The van der Waals surface area contributed by atoms with Gasteiger partial charge in [0.25, 0.3) is 0 Å². The van der Waals surface area contributed by atoms with Crippen LogP contribution in [0, 0.1) is 0 Å². The normalized spacial score (nSPS) is 19.7. The highest BCUT2D eigenvalue weighted by Gasteiger charge is 2.47. The Bertz CT molecular complexity index is 1210. The second-order valence-electron chi connectivity index (χ2n) is 8.94. The number of hydrogen-bond acceptors (Lipinski definition) is 4. The summed E-state index contributed by atoms with van der Waals surface area (Å²) in [4.78, 5) is 4.24. The lowest BCUT2D eigenvalue weighted by Gasteiger charge is -2.50. The monoisotopic (exact) mass is 466 g/mol. The molecule has 2 aliphatic rings. The van der Waals surface area contributed by atoms with Gasteiger partial charge in [-0.3, -0.25) is 4.98 Å². The van der Waals surface area contributed by atoms with E-state index in [9.17, 15) is 8.42 Å². The molecule has 2 aromatic carbocycles. The lowest BCUT2D eigenvalue weighted by molar-refractivity contribution is 0.164. The Balaban J connectivity index is 1.43. The molecular weight excluding hydrogens is 440 g/mol. The van der Waals surface area contributed by atoms with E-state index in [-0.39, 0.29) is 22.1 Å². The third-order valence-corrected chi connectivity index (χ3v) is 9.09. The average Bonchev–Trinajstić information content (AvgIpc) is 2.79. The average molecular weight is 467 g/mol. The zero-order valence-corrected chi connectivity index (χ0v) is 19.5. The first kappa shape index (κ1) is 21.6. The van der Waals surface area contributed by atoms with E-state index in [1.54, 1.807) is 18.3 Å². The molecule has 1 saturated carbocycles. The van der Waals surface area contributed by atoms with Gasteiger partial charge in [-0.1, -0.05) is 48.4 Å². The summed E-state index contributed by atoms with van der Waals surface area (Å²) in [6.07, 6.45) is 8.01. The summed E-state index contributed by atoms with van der Waals surface area (Å²) in [6, 6.07) is 18.3. The van der Waals surface area contributed by atoms with Crippen molar-refractivity contribution < 1.29 is 8.42 Å². The first-order valence-electron chi connectivity index (χ1n) is 11.2. The molecule has 0 bridgehead atoms. The molecule has 1 atom stereocenters. The van der Waals surface area contributed by atoms with Crippen LogP contribution in [0.1, 0.15) is 47.6 Å². The predicted molar refractivity (Wildman–Crippen MR) is 128 cm³/mol. The van der Waals surface area contributed by atoms with Crippen LogP contribution in [0.3, 0.4) is 0 Å². The Labute approximate surface area is 195 Å². The summed E-state index contributed by atoms with van der Waals surface area (Å²) in [7, 11) is -3.35. The third kappa shape index (κ3) is 3.98. The fourth-order valence-corrected chi connectivity index (χ4v) is 6.61. The first-order chi connectivity index (χ1) is 15.5. The van der Waals surface area contributed by atoms with Gasteiger partial charge in [-0.05, 0) is 78.7 Å². The fourth-order valence-electron chi connectivity index (χ4n) is 5.24. The van der Waals surface area contributed by atoms with Crippen molar-refractivity contribution in [2.75, 3.05) is 12.3 Å². The second kappa shape index (κ2) is 8.62. The summed E-state index contributed by atoms with van der Waals surface area (Å²) in [5.74, 6) is 0.0813. The highest BCUT2D eigenvalue weighted by molar-refractivity contribution is 7.91. The minimum atomic E-state index is -3.35. The van der Waals surface area contributed by atoms with Crippen molar-refractivity contribution in [3.8, 4) is 0 Å². The summed E-state index contributed by atoms with van der Waals surface area (Å²) >= 11 is 6.16. The van der Waals surface area contributed by atoms with Gasteiger partial charge in [-0.25, -0.2) is 8.42 Å². The molecule has 0 amide bonds. The van der Waals surface area contributed by atoms with Crippen LogP contribution in [0.5, 0.6) is 0 Å². The Morgan fingerprint density at radius 1 is 1.09 bits per heavy atom. The number of hydrogen-bond donors (Lipinski definition) is 1. The molecule has 0 saturated heterocycles. The largest absolute Gasteiger partial charge is 0.309 e. The van der Waals surface area contributed by atoms with E-state index in [0.717, 1.165) is 36.4 Å². The quantitative estimate of drug-likeness (QED) is 0.551. The highest BCUT2D eigenvalue weighted by atomic mass is 35.5. The minimum Gasteiger partial charge on any atom is -0.309 e. The molecule has 1 aliphatic carbocycles. The maximum Gasteiger partial charge on any atom is 0.180 e. The molecule has 5 rings (SSSR count). The van der Waals surface area contributed by atoms with Crippen LogP contribution in [0.4, 0.5) is 0 Å². The standard InChI is InChI=1S/C26H27ClN2O2S/c27-22-8-6-21(7-9-22)26(12-2-13-26)25-24-17-19(4-5-20(24)10-15-29-25)11-16-32(30,31)23-3-1-14-28-18-23/h1,3-9,14,17-18,25,29H,2,10-13,15-16H2. The van der Waals surface area contributed by atoms with Crippen molar-refractivity contribution in [2.45, 2.75) is 48.5 Å². The Hall–Kier alpha value is -2.21. The predicted octanol–water partition coefficient (Wildman–Crippen LogP) is 5.06. The van der Waals surface area contributed by atoms with Gasteiger partial charge in [-0.15, -0.1) is 0 Å². The van der Waals surface area contributed by atoms with E-state index in [4.69, 9.17) is 11.6 Å². The van der Waals surface area contributed by atoms with Gasteiger partial charge in [0.1, 0.15) is 0 Å². The van der Waals surface area contributed by atoms with Crippen molar-refractivity contribution in [3.05, 3.63) is 94.3 Å². The van der Waals surface area contributed by atoms with Crippen molar-refractivity contribution in [1.82, 2.24) is 10.3 Å². The molecular formula is C26H27ClN2O2S. The first-order valence-corrected chi connectivity index (χ1v) is 13.2. The maximum atomic E-state index is 12.7. The van der Waals surface area contributed by atoms with Gasteiger partial charge in [-0.2, -0.15) is 0 Å². The van der Waals surface area contributed by atoms with Crippen LogP contribution in [0.15, 0.2) is 71.9 Å². The number of pyridine rings is 1. The highest BCUT2D eigenvalue weighted by Crippen LogP contribution is 2.53. The lowest BCUT2D eigenvalue weighted by Crippen LogP contribution is -2.49. The molecule has 1 N–H and O–H groups in total. The second-order valence-corrected chi connectivity index (χ2v) is 11.5. The van der Waals surface area contributed by atoms with Gasteiger partial charge < -0.3 is 5.32 Å². The van der Waals surface area contributed by atoms with Crippen LogP contribution in [0.2, 0.25) is 5.02 Å². The molecule has 6 heteroatoms. The molecule has 2 heterocycles. The number of aryl methyl sites for hydroxylation is 1. The van der Waals surface area contributed by atoms with Crippen LogP contribution in [-0.4, -0.2) is 25.7 Å². The van der Waals surface area contributed by atoms with E-state index in [1.165, 1.54) is 29.3 Å². The van der Waals surface area contributed by atoms with Gasteiger partial charge in [0.15, 0.2) is 9.84 Å². The zero-order chi connectivity index (χ0) is 22.2. The summed E-state index contributed by atoms with van der Waals surface area (Å²) in [6.45, 7) is 0.960. The number of nitrogens with zero attached hydrogens (tertiary/aromatic N) is 1. The molecule has 1 aromatic heterocycles. The topological polar surface area (TPSA) is 59.1 Å². The molecule has 3 aromatic rings. The SMILES string of the molecule is O=S(=O)(CCc1ccc2c(c1)C(C1(c3ccc(Cl)cc3)CCC1)NCC2)c1cccnc1.